The second-order valence-corrected chi connectivity index (χ2v) is 10.2. The number of benzene rings is 3. The molecule has 0 saturated heterocycles. The van der Waals surface area contributed by atoms with Crippen LogP contribution in [0.4, 0.5) is 5.69 Å². The Morgan fingerprint density at radius 2 is 1.47 bits per heavy atom. The maximum absolute atomic E-state index is 12.9. The molecule has 3 rings (SSSR count). The van der Waals surface area contributed by atoms with E-state index in [0.717, 1.165) is 5.75 Å². The van der Waals surface area contributed by atoms with Gasteiger partial charge in [-0.2, -0.15) is 4.31 Å². The van der Waals surface area contributed by atoms with Crippen LogP contribution in [-0.4, -0.2) is 50.0 Å². The van der Waals surface area contributed by atoms with E-state index < -0.39 is 15.9 Å². The van der Waals surface area contributed by atoms with Crippen LogP contribution in [0.25, 0.3) is 0 Å². The van der Waals surface area contributed by atoms with E-state index in [1.165, 1.54) is 28.6 Å². The van der Waals surface area contributed by atoms with Crippen molar-refractivity contribution >= 4 is 38.9 Å². The predicted octanol–water partition coefficient (Wildman–Crippen LogP) is 4.63. The highest BCUT2D eigenvalue weighted by Gasteiger charge is 2.22. The van der Waals surface area contributed by atoms with E-state index in [4.69, 9.17) is 21.7 Å². The minimum absolute atomic E-state index is 0.0489. The summed E-state index contributed by atoms with van der Waals surface area (Å²) in [6.45, 7) is 8.09. The monoisotopic (exact) mass is 551 g/mol. The largest absolute Gasteiger partial charge is 0.490 e. The number of hydrogen-bond acceptors (Lipinski definition) is 6. The lowest BCUT2D eigenvalue weighted by atomic mass is 10.2. The second-order valence-electron chi connectivity index (χ2n) is 7.84. The third-order valence-corrected chi connectivity index (χ3v) is 7.18. The number of amides is 1. The first kappa shape index (κ1) is 28.6. The van der Waals surface area contributed by atoms with E-state index in [9.17, 15) is 13.2 Å². The van der Waals surface area contributed by atoms with Crippen molar-refractivity contribution in [2.75, 3.05) is 31.6 Å². The SMILES string of the molecule is C=CCN(CC=C)S(=O)(=O)c1ccc(NC(=S)NC(=O)c2ccccc2OCCOc2ccccc2)cc1. The summed E-state index contributed by atoms with van der Waals surface area (Å²) in [5, 5.41) is 5.56. The summed E-state index contributed by atoms with van der Waals surface area (Å²) in [6, 6.07) is 22.2. The molecule has 0 spiro atoms. The summed E-state index contributed by atoms with van der Waals surface area (Å²) in [4.78, 5) is 13.0. The Balaban J connectivity index is 1.57. The van der Waals surface area contributed by atoms with Crippen LogP contribution in [0.15, 0.2) is 109 Å². The van der Waals surface area contributed by atoms with Crippen LogP contribution in [-0.2, 0) is 10.0 Å². The van der Waals surface area contributed by atoms with Gasteiger partial charge in [-0.25, -0.2) is 8.42 Å². The molecule has 0 aliphatic heterocycles. The van der Waals surface area contributed by atoms with E-state index in [0.29, 0.717) is 23.6 Å². The maximum Gasteiger partial charge on any atom is 0.261 e. The van der Waals surface area contributed by atoms with E-state index >= 15 is 0 Å². The van der Waals surface area contributed by atoms with Gasteiger partial charge >= 0.3 is 0 Å². The molecule has 38 heavy (non-hydrogen) atoms. The molecular formula is C28H29N3O5S2. The lowest BCUT2D eigenvalue weighted by molar-refractivity contribution is 0.0972. The van der Waals surface area contributed by atoms with Crippen molar-refractivity contribution in [3.05, 3.63) is 110 Å². The number of ether oxygens (including phenoxy) is 2. The van der Waals surface area contributed by atoms with Gasteiger partial charge in [-0.3, -0.25) is 10.1 Å². The zero-order valence-corrected chi connectivity index (χ0v) is 22.3. The molecule has 3 aromatic rings. The van der Waals surface area contributed by atoms with E-state index in [-0.39, 0.29) is 29.7 Å². The highest BCUT2D eigenvalue weighted by molar-refractivity contribution is 7.89. The zero-order chi connectivity index (χ0) is 27.4. The number of carbonyl (C=O) groups is 1. The van der Waals surface area contributed by atoms with Gasteiger partial charge in [0.2, 0.25) is 10.0 Å². The number of nitrogens with zero attached hydrogens (tertiary/aromatic N) is 1. The number of rotatable bonds is 13. The molecule has 0 fully saturated rings. The Labute approximate surface area is 228 Å². The summed E-state index contributed by atoms with van der Waals surface area (Å²) in [5.74, 6) is 0.670. The molecule has 8 nitrogen and oxygen atoms in total. The van der Waals surface area contributed by atoms with E-state index in [1.54, 1.807) is 36.4 Å². The van der Waals surface area contributed by atoms with Gasteiger partial charge in [-0.1, -0.05) is 42.5 Å². The summed E-state index contributed by atoms with van der Waals surface area (Å²) >= 11 is 5.28. The fraction of sp³-hybridized carbons (Fsp3) is 0.143. The topological polar surface area (TPSA) is 97.0 Å². The molecule has 0 unspecified atom stereocenters. The van der Waals surface area contributed by atoms with Gasteiger partial charge in [0.25, 0.3) is 5.91 Å². The van der Waals surface area contributed by atoms with Crippen molar-refractivity contribution in [1.82, 2.24) is 9.62 Å². The van der Waals surface area contributed by atoms with Crippen LogP contribution in [0.1, 0.15) is 10.4 Å². The molecule has 0 saturated carbocycles. The number of anilines is 1. The van der Waals surface area contributed by atoms with E-state index in [1.807, 2.05) is 30.3 Å². The van der Waals surface area contributed by atoms with Gasteiger partial charge in [-0.05, 0) is 60.7 Å². The minimum atomic E-state index is -3.72. The Morgan fingerprint density at radius 3 is 2.13 bits per heavy atom. The Hall–Kier alpha value is -3.99. The van der Waals surface area contributed by atoms with Crippen LogP contribution < -0.4 is 20.1 Å². The fourth-order valence-electron chi connectivity index (χ4n) is 3.36. The number of thiocarbonyl (C=S) groups is 1. The Kier molecular flexibility index (Phi) is 10.6. The normalized spacial score (nSPS) is 10.9. The van der Waals surface area contributed by atoms with Crippen molar-refractivity contribution < 1.29 is 22.7 Å². The van der Waals surface area contributed by atoms with Gasteiger partial charge in [-0.15, -0.1) is 13.2 Å². The summed E-state index contributed by atoms with van der Waals surface area (Å²) in [7, 11) is -3.72. The summed E-state index contributed by atoms with van der Waals surface area (Å²) in [5.41, 5.74) is 0.818. The quantitative estimate of drug-likeness (QED) is 0.182. The molecule has 198 valence electrons. The van der Waals surface area contributed by atoms with Crippen molar-refractivity contribution in [2.24, 2.45) is 0 Å². The van der Waals surface area contributed by atoms with Gasteiger partial charge in [0, 0.05) is 18.8 Å². The molecule has 10 heteroatoms. The van der Waals surface area contributed by atoms with Crippen LogP contribution in [0.2, 0.25) is 0 Å². The molecule has 0 aromatic heterocycles. The molecule has 2 N–H and O–H groups in total. The number of para-hydroxylation sites is 2. The molecule has 0 aliphatic carbocycles. The number of hydrogen-bond donors (Lipinski definition) is 2. The van der Waals surface area contributed by atoms with Crippen molar-refractivity contribution in [1.29, 1.82) is 0 Å². The number of sulfonamides is 1. The van der Waals surface area contributed by atoms with Crippen LogP contribution in [0.5, 0.6) is 11.5 Å². The van der Waals surface area contributed by atoms with Crippen molar-refractivity contribution in [2.45, 2.75) is 4.90 Å². The standard InChI is InChI=1S/C28H29N3O5S2/c1-3-18-31(19-4-2)38(33,34)24-16-14-22(15-17-24)29-28(37)30-27(32)25-12-8-9-13-26(25)36-21-20-35-23-10-6-5-7-11-23/h3-17H,1-2,18-21H2,(H2,29,30,32,37). The smallest absolute Gasteiger partial charge is 0.261 e. The number of carbonyl (C=O) groups excluding carboxylic acids is 1. The maximum atomic E-state index is 12.9. The predicted molar refractivity (Wildman–Crippen MR) is 153 cm³/mol. The van der Waals surface area contributed by atoms with Gasteiger partial charge in [0.15, 0.2) is 5.11 Å². The lowest BCUT2D eigenvalue weighted by Gasteiger charge is -2.19. The first-order valence-corrected chi connectivity index (χ1v) is 13.5. The Morgan fingerprint density at radius 1 is 0.868 bits per heavy atom. The Bertz CT molecular complexity index is 1350. The van der Waals surface area contributed by atoms with Crippen LogP contribution in [0.3, 0.4) is 0 Å². The fourth-order valence-corrected chi connectivity index (χ4v) is 4.95. The van der Waals surface area contributed by atoms with Crippen LogP contribution >= 0.6 is 12.2 Å². The van der Waals surface area contributed by atoms with E-state index in [2.05, 4.69) is 23.8 Å². The molecule has 3 aromatic carbocycles. The third kappa shape index (κ3) is 8.01. The van der Waals surface area contributed by atoms with Gasteiger partial charge in [0.05, 0.1) is 10.5 Å². The molecule has 0 heterocycles. The minimum Gasteiger partial charge on any atom is -0.490 e. The first-order valence-electron chi connectivity index (χ1n) is 11.7. The third-order valence-electron chi connectivity index (χ3n) is 5.13. The van der Waals surface area contributed by atoms with Gasteiger partial charge in [0.1, 0.15) is 24.7 Å². The first-order chi connectivity index (χ1) is 18.3. The summed E-state index contributed by atoms with van der Waals surface area (Å²) in [6.07, 6.45) is 3.03. The van der Waals surface area contributed by atoms with Crippen molar-refractivity contribution in [3.8, 4) is 11.5 Å². The average Bonchev–Trinajstić information content (AvgIpc) is 2.92. The molecule has 0 atom stereocenters. The molecule has 0 aliphatic rings. The molecular weight excluding hydrogens is 522 g/mol. The summed E-state index contributed by atoms with van der Waals surface area (Å²) < 4.78 is 38.3. The number of nitrogens with one attached hydrogen (secondary N) is 2. The highest BCUT2D eigenvalue weighted by Crippen LogP contribution is 2.20. The molecule has 0 radical (unpaired) electrons. The van der Waals surface area contributed by atoms with Gasteiger partial charge < -0.3 is 14.8 Å². The van der Waals surface area contributed by atoms with Crippen LogP contribution in [0, 0.1) is 0 Å². The second kappa shape index (κ2) is 14.1. The molecule has 1 amide bonds. The highest BCUT2D eigenvalue weighted by atomic mass is 32.2. The van der Waals surface area contributed by atoms with Crippen molar-refractivity contribution in [3.63, 3.8) is 0 Å². The lowest BCUT2D eigenvalue weighted by Crippen LogP contribution is -2.34. The zero-order valence-electron chi connectivity index (χ0n) is 20.7. The average molecular weight is 552 g/mol. The molecule has 0 bridgehead atoms.